The van der Waals surface area contributed by atoms with Crippen LogP contribution in [0.4, 0.5) is 0 Å². The average Bonchev–Trinajstić information content (AvgIpc) is 2.98. The first-order chi connectivity index (χ1) is 12.2. The Labute approximate surface area is 169 Å². The zero-order valence-electron chi connectivity index (χ0n) is 13.4. The topological polar surface area (TPSA) is 9.23 Å². The van der Waals surface area contributed by atoms with E-state index in [0.717, 1.165) is 10.2 Å². The summed E-state index contributed by atoms with van der Waals surface area (Å²) < 4.78 is 7.09. The lowest BCUT2D eigenvalue weighted by molar-refractivity contribution is 0.305. The van der Waals surface area contributed by atoms with Crippen molar-refractivity contribution in [3.05, 3.63) is 94.0 Å². The van der Waals surface area contributed by atoms with Crippen LogP contribution in [0.25, 0.3) is 0 Å². The molecule has 0 spiro atoms. The van der Waals surface area contributed by atoms with Crippen molar-refractivity contribution in [2.45, 2.75) is 21.6 Å². The third-order valence-corrected chi connectivity index (χ3v) is 7.56. The van der Waals surface area contributed by atoms with Crippen molar-refractivity contribution in [2.75, 3.05) is 0 Å². The van der Waals surface area contributed by atoms with Crippen LogP contribution in [0.15, 0.2) is 82.2 Å². The minimum absolute atomic E-state index is 0.317. The summed E-state index contributed by atoms with van der Waals surface area (Å²) in [6, 6.07) is 25.3. The number of benzene rings is 3. The summed E-state index contributed by atoms with van der Waals surface area (Å²) in [5.74, 6) is 0.922. The molecule has 1 aliphatic heterocycles. The predicted octanol–water partition coefficient (Wildman–Crippen LogP) is 7.31. The van der Waals surface area contributed by atoms with Crippen LogP contribution < -0.4 is 4.74 Å². The predicted molar refractivity (Wildman–Crippen MR) is 112 cm³/mol. The molecule has 4 heteroatoms. The number of halogens is 2. The molecule has 0 aliphatic carbocycles. The first-order valence-electron chi connectivity index (χ1n) is 8.07. The highest BCUT2D eigenvalue weighted by Gasteiger charge is 2.32. The van der Waals surface area contributed by atoms with Gasteiger partial charge in [0.15, 0.2) is 0 Å². The molecule has 2 atom stereocenters. The minimum Gasteiger partial charge on any atom is -0.489 e. The van der Waals surface area contributed by atoms with Crippen LogP contribution in [-0.2, 0) is 6.61 Å². The third-order valence-electron chi connectivity index (χ3n) is 4.25. The Balaban J connectivity index is 1.51. The molecule has 1 aliphatic rings. The van der Waals surface area contributed by atoms with Crippen LogP contribution in [-0.4, -0.2) is 0 Å². The Morgan fingerprint density at radius 1 is 0.920 bits per heavy atom. The second-order valence-corrected chi connectivity index (χ2v) is 9.05. The zero-order valence-corrected chi connectivity index (χ0v) is 17.4. The maximum absolute atomic E-state index is 5.97. The van der Waals surface area contributed by atoms with Crippen LogP contribution in [0.2, 0.25) is 0 Å². The van der Waals surface area contributed by atoms with E-state index in [1.807, 2.05) is 30.0 Å². The normalized spacial score (nSPS) is 18.8. The minimum atomic E-state index is 0.317. The second-order valence-electron chi connectivity index (χ2n) is 5.97. The van der Waals surface area contributed by atoms with Gasteiger partial charge < -0.3 is 4.74 Å². The molecule has 3 aromatic carbocycles. The number of thioether (sulfide) groups is 1. The van der Waals surface area contributed by atoms with Gasteiger partial charge in [0.25, 0.3) is 0 Å². The van der Waals surface area contributed by atoms with Crippen molar-refractivity contribution in [3.8, 4) is 5.75 Å². The van der Waals surface area contributed by atoms with Gasteiger partial charge in [-0.05, 0) is 41.0 Å². The number of hydrogen-bond donors (Lipinski definition) is 0. The molecule has 0 radical (unpaired) electrons. The van der Waals surface area contributed by atoms with Crippen LogP contribution in [0.3, 0.4) is 0 Å². The van der Waals surface area contributed by atoms with Gasteiger partial charge in [0.1, 0.15) is 12.4 Å². The standard InChI is InChI=1S/C21H16Br2OS/c22-16-8-6-15(7-9-16)21-20(23)18-11-10-17(12-19(18)25-21)24-13-14-4-2-1-3-5-14/h1-12,20-21H,13H2. The summed E-state index contributed by atoms with van der Waals surface area (Å²) in [5.41, 5.74) is 3.85. The summed E-state index contributed by atoms with van der Waals surface area (Å²) in [7, 11) is 0. The molecular weight excluding hydrogens is 460 g/mol. The molecule has 0 saturated heterocycles. The first-order valence-corrected chi connectivity index (χ1v) is 10.7. The summed E-state index contributed by atoms with van der Waals surface area (Å²) in [5, 5.41) is 0.382. The lowest BCUT2D eigenvalue weighted by Gasteiger charge is -2.14. The van der Waals surface area contributed by atoms with E-state index >= 15 is 0 Å². The van der Waals surface area contributed by atoms with E-state index in [0.29, 0.717) is 16.7 Å². The third kappa shape index (κ3) is 3.81. The van der Waals surface area contributed by atoms with Crippen LogP contribution >= 0.6 is 43.6 Å². The van der Waals surface area contributed by atoms with E-state index in [9.17, 15) is 0 Å². The molecule has 0 saturated carbocycles. The van der Waals surface area contributed by atoms with Crippen molar-refractivity contribution < 1.29 is 4.74 Å². The summed E-state index contributed by atoms with van der Waals surface area (Å²) in [4.78, 5) is 1.61. The summed E-state index contributed by atoms with van der Waals surface area (Å²) in [6.45, 7) is 0.595. The van der Waals surface area contributed by atoms with Crippen LogP contribution in [0, 0.1) is 0 Å². The van der Waals surface area contributed by atoms with E-state index in [-0.39, 0.29) is 0 Å². The van der Waals surface area contributed by atoms with E-state index in [4.69, 9.17) is 4.74 Å². The Morgan fingerprint density at radius 2 is 1.68 bits per heavy atom. The van der Waals surface area contributed by atoms with Gasteiger partial charge >= 0.3 is 0 Å². The molecule has 0 aromatic heterocycles. The zero-order chi connectivity index (χ0) is 17.2. The molecule has 0 fully saturated rings. The highest BCUT2D eigenvalue weighted by atomic mass is 79.9. The van der Waals surface area contributed by atoms with Crippen molar-refractivity contribution in [2.24, 2.45) is 0 Å². The number of rotatable bonds is 4. The number of ether oxygens (including phenoxy) is 1. The fourth-order valence-electron chi connectivity index (χ4n) is 2.92. The van der Waals surface area contributed by atoms with Crippen molar-refractivity contribution in [3.63, 3.8) is 0 Å². The Morgan fingerprint density at radius 3 is 2.44 bits per heavy atom. The molecule has 3 aromatic rings. The molecule has 0 bridgehead atoms. The SMILES string of the molecule is Brc1ccc(C2Sc3cc(OCc4ccccc4)ccc3C2Br)cc1. The lowest BCUT2D eigenvalue weighted by Crippen LogP contribution is -1.96. The fraction of sp³-hybridized carbons (Fsp3) is 0.143. The molecule has 4 rings (SSSR count). The Bertz CT molecular complexity index is 865. The van der Waals surface area contributed by atoms with E-state index in [1.54, 1.807) is 0 Å². The van der Waals surface area contributed by atoms with Crippen LogP contribution in [0.1, 0.15) is 26.8 Å². The highest BCUT2D eigenvalue weighted by molar-refractivity contribution is 9.10. The molecule has 1 nitrogen and oxygen atoms in total. The molecule has 25 heavy (non-hydrogen) atoms. The number of alkyl halides is 1. The summed E-state index contributed by atoms with van der Waals surface area (Å²) >= 11 is 9.29. The van der Waals surface area contributed by atoms with Crippen molar-refractivity contribution in [1.82, 2.24) is 0 Å². The fourth-order valence-corrected chi connectivity index (χ4v) is 5.72. The van der Waals surface area contributed by atoms with Gasteiger partial charge in [-0.3, -0.25) is 0 Å². The van der Waals surface area contributed by atoms with Gasteiger partial charge in [0.2, 0.25) is 0 Å². The summed E-state index contributed by atoms with van der Waals surface area (Å²) in [6.07, 6.45) is 0. The van der Waals surface area contributed by atoms with E-state index in [1.165, 1.54) is 21.6 Å². The Kier molecular flexibility index (Phi) is 5.20. The van der Waals surface area contributed by atoms with Gasteiger partial charge in [0.05, 0.1) is 10.1 Å². The van der Waals surface area contributed by atoms with Gasteiger partial charge in [-0.25, -0.2) is 0 Å². The first kappa shape index (κ1) is 17.2. The molecule has 126 valence electrons. The largest absolute Gasteiger partial charge is 0.489 e. The van der Waals surface area contributed by atoms with Gasteiger partial charge in [0, 0.05) is 9.37 Å². The highest BCUT2D eigenvalue weighted by Crippen LogP contribution is 2.57. The van der Waals surface area contributed by atoms with Gasteiger partial charge in [-0.2, -0.15) is 0 Å². The Hall–Kier alpha value is -1.23. The van der Waals surface area contributed by atoms with Gasteiger partial charge in [-0.15, -0.1) is 11.8 Å². The molecule has 0 N–H and O–H groups in total. The van der Waals surface area contributed by atoms with E-state index in [2.05, 4.69) is 86.5 Å². The monoisotopic (exact) mass is 474 g/mol. The molecular formula is C21H16Br2OS. The van der Waals surface area contributed by atoms with Gasteiger partial charge in [-0.1, -0.05) is 80.4 Å². The average molecular weight is 476 g/mol. The second kappa shape index (κ2) is 7.56. The molecule has 1 heterocycles. The lowest BCUT2D eigenvalue weighted by atomic mass is 10.0. The van der Waals surface area contributed by atoms with Crippen molar-refractivity contribution in [1.29, 1.82) is 0 Å². The smallest absolute Gasteiger partial charge is 0.120 e. The van der Waals surface area contributed by atoms with Crippen LogP contribution in [0.5, 0.6) is 5.75 Å². The maximum Gasteiger partial charge on any atom is 0.120 e. The maximum atomic E-state index is 5.97. The number of hydrogen-bond acceptors (Lipinski definition) is 2. The quantitative estimate of drug-likeness (QED) is 0.365. The van der Waals surface area contributed by atoms with Crippen molar-refractivity contribution >= 4 is 43.6 Å². The van der Waals surface area contributed by atoms with E-state index < -0.39 is 0 Å². The molecule has 0 amide bonds. The number of fused-ring (bicyclic) bond motifs is 1. The molecule has 2 unspecified atom stereocenters.